The Hall–Kier alpha value is -0.620. The molecule has 3 nitrogen and oxygen atoms in total. The second-order valence-corrected chi connectivity index (χ2v) is 7.54. The summed E-state index contributed by atoms with van der Waals surface area (Å²) in [6.07, 6.45) is 0. The van der Waals surface area contributed by atoms with Crippen molar-refractivity contribution in [2.24, 2.45) is 0 Å². The van der Waals surface area contributed by atoms with Gasteiger partial charge in [0.05, 0.1) is 28.1 Å². The summed E-state index contributed by atoms with van der Waals surface area (Å²) in [5.41, 5.74) is 0.999. The molecule has 0 saturated carbocycles. The molecule has 0 bridgehead atoms. The minimum Gasteiger partial charge on any atom is -0.391 e. The monoisotopic (exact) mass is 316 g/mol. The van der Waals surface area contributed by atoms with Crippen molar-refractivity contribution >= 4 is 39.4 Å². The van der Waals surface area contributed by atoms with Crippen molar-refractivity contribution in [1.29, 1.82) is 0 Å². The highest BCUT2D eigenvalue weighted by Gasteiger charge is 2.16. The third-order valence-corrected chi connectivity index (χ3v) is 5.14. The third-order valence-electron chi connectivity index (χ3n) is 2.76. The number of aliphatic hydroxyl groups is 1. The molecule has 0 amide bonds. The maximum absolute atomic E-state index is 9.39. The molecule has 0 radical (unpaired) electrons. The average Bonchev–Trinajstić information content (AvgIpc) is 2.95. The highest BCUT2D eigenvalue weighted by atomic mass is 35.5. The zero-order chi connectivity index (χ0) is 14.0. The summed E-state index contributed by atoms with van der Waals surface area (Å²) in [5.74, 6) is 0.330. The SMILES string of the molecule is CC(C)c1nc(N(C)Cc2ccc(Cl)s2)sc1CO. The first-order valence-electron chi connectivity index (χ1n) is 6.07. The molecule has 1 N–H and O–H groups in total. The van der Waals surface area contributed by atoms with Crippen molar-refractivity contribution in [1.82, 2.24) is 4.98 Å². The number of thiophene rings is 1. The van der Waals surface area contributed by atoms with Crippen LogP contribution in [0.4, 0.5) is 5.13 Å². The third kappa shape index (κ3) is 3.48. The summed E-state index contributed by atoms with van der Waals surface area (Å²) in [6.45, 7) is 5.03. The van der Waals surface area contributed by atoms with E-state index in [1.54, 1.807) is 22.7 Å². The molecule has 0 spiro atoms. The van der Waals surface area contributed by atoms with Crippen LogP contribution in [0.5, 0.6) is 0 Å². The van der Waals surface area contributed by atoms with E-state index in [0.29, 0.717) is 5.92 Å². The van der Waals surface area contributed by atoms with Gasteiger partial charge in [0.15, 0.2) is 5.13 Å². The van der Waals surface area contributed by atoms with Gasteiger partial charge < -0.3 is 10.0 Å². The van der Waals surface area contributed by atoms with Gasteiger partial charge in [0.2, 0.25) is 0 Å². The molecule has 104 valence electrons. The average molecular weight is 317 g/mol. The molecule has 2 aromatic heterocycles. The fraction of sp³-hybridized carbons (Fsp3) is 0.462. The molecule has 2 rings (SSSR count). The van der Waals surface area contributed by atoms with Crippen LogP contribution < -0.4 is 4.90 Å². The van der Waals surface area contributed by atoms with E-state index < -0.39 is 0 Å². The highest BCUT2D eigenvalue weighted by molar-refractivity contribution is 7.16. The summed E-state index contributed by atoms with van der Waals surface area (Å²) < 4.78 is 0.807. The van der Waals surface area contributed by atoms with Gasteiger partial charge in [-0.3, -0.25) is 0 Å². The van der Waals surface area contributed by atoms with Crippen molar-refractivity contribution in [2.75, 3.05) is 11.9 Å². The lowest BCUT2D eigenvalue weighted by Gasteiger charge is -2.14. The van der Waals surface area contributed by atoms with Gasteiger partial charge in [0.25, 0.3) is 0 Å². The van der Waals surface area contributed by atoms with Crippen LogP contribution in [0.3, 0.4) is 0 Å². The summed E-state index contributed by atoms with van der Waals surface area (Å²) in [4.78, 5) is 8.90. The van der Waals surface area contributed by atoms with E-state index in [1.165, 1.54) is 4.88 Å². The molecule has 0 aliphatic heterocycles. The smallest absolute Gasteiger partial charge is 0.185 e. The Labute approximate surface area is 126 Å². The number of thiazole rings is 1. The predicted octanol–water partition coefficient (Wildman–Crippen LogP) is 4.11. The summed E-state index contributed by atoms with van der Waals surface area (Å²) in [7, 11) is 2.01. The van der Waals surface area contributed by atoms with Crippen LogP contribution in [-0.4, -0.2) is 17.1 Å². The van der Waals surface area contributed by atoms with E-state index in [2.05, 4.69) is 23.7 Å². The van der Waals surface area contributed by atoms with Crippen molar-refractivity contribution in [3.05, 3.63) is 31.9 Å². The van der Waals surface area contributed by atoms with Crippen LogP contribution >= 0.6 is 34.3 Å². The maximum Gasteiger partial charge on any atom is 0.185 e. The van der Waals surface area contributed by atoms with E-state index in [9.17, 15) is 5.11 Å². The predicted molar refractivity (Wildman–Crippen MR) is 83.6 cm³/mol. The molecule has 0 saturated heterocycles. The fourth-order valence-corrected chi connectivity index (χ4v) is 3.99. The van der Waals surface area contributed by atoms with E-state index in [4.69, 9.17) is 11.6 Å². The Kier molecular flexibility index (Phi) is 4.84. The van der Waals surface area contributed by atoms with Crippen molar-refractivity contribution in [3.63, 3.8) is 0 Å². The van der Waals surface area contributed by atoms with E-state index in [1.807, 2.05) is 19.2 Å². The number of rotatable bonds is 5. The van der Waals surface area contributed by atoms with Crippen LogP contribution in [0.1, 0.15) is 35.2 Å². The van der Waals surface area contributed by atoms with Crippen LogP contribution in [-0.2, 0) is 13.2 Å². The molecule has 19 heavy (non-hydrogen) atoms. The first-order chi connectivity index (χ1) is 9.01. The van der Waals surface area contributed by atoms with Gasteiger partial charge in [0, 0.05) is 11.9 Å². The van der Waals surface area contributed by atoms with Gasteiger partial charge in [-0.05, 0) is 18.1 Å². The Bertz CT molecular complexity index is 551. The van der Waals surface area contributed by atoms with E-state index >= 15 is 0 Å². The first kappa shape index (κ1) is 14.8. The van der Waals surface area contributed by atoms with Gasteiger partial charge in [-0.25, -0.2) is 4.98 Å². The Balaban J connectivity index is 2.17. The molecule has 0 fully saturated rings. The zero-order valence-electron chi connectivity index (χ0n) is 11.2. The van der Waals surface area contributed by atoms with Gasteiger partial charge in [0.1, 0.15) is 0 Å². The summed E-state index contributed by atoms with van der Waals surface area (Å²) >= 11 is 9.08. The molecule has 0 unspecified atom stereocenters. The molecular formula is C13H17ClN2OS2. The first-order valence-corrected chi connectivity index (χ1v) is 8.08. The number of hydrogen-bond acceptors (Lipinski definition) is 5. The Morgan fingerprint density at radius 2 is 2.11 bits per heavy atom. The highest BCUT2D eigenvalue weighted by Crippen LogP contribution is 2.32. The van der Waals surface area contributed by atoms with Crippen LogP contribution in [0.2, 0.25) is 4.34 Å². The number of hydrogen-bond donors (Lipinski definition) is 1. The van der Waals surface area contributed by atoms with Crippen molar-refractivity contribution in [2.45, 2.75) is 32.9 Å². The number of anilines is 1. The van der Waals surface area contributed by atoms with E-state index in [-0.39, 0.29) is 6.61 Å². The van der Waals surface area contributed by atoms with Gasteiger partial charge >= 0.3 is 0 Å². The lowest BCUT2D eigenvalue weighted by atomic mass is 10.1. The van der Waals surface area contributed by atoms with Crippen LogP contribution in [0.15, 0.2) is 12.1 Å². The molecule has 0 atom stereocenters. The molecule has 6 heteroatoms. The lowest BCUT2D eigenvalue weighted by molar-refractivity contribution is 0.283. The largest absolute Gasteiger partial charge is 0.391 e. The topological polar surface area (TPSA) is 36.4 Å². The number of halogens is 1. The van der Waals surface area contributed by atoms with Crippen LogP contribution in [0.25, 0.3) is 0 Å². The zero-order valence-corrected chi connectivity index (χ0v) is 13.6. The quantitative estimate of drug-likeness (QED) is 0.901. The molecule has 0 aromatic carbocycles. The normalized spacial score (nSPS) is 11.3. The molecule has 2 heterocycles. The number of nitrogens with zero attached hydrogens (tertiary/aromatic N) is 2. The molecular weight excluding hydrogens is 300 g/mol. The summed E-state index contributed by atoms with van der Waals surface area (Å²) in [5, 5.41) is 10.3. The Morgan fingerprint density at radius 3 is 2.58 bits per heavy atom. The van der Waals surface area contributed by atoms with Crippen molar-refractivity contribution < 1.29 is 5.11 Å². The second-order valence-electron chi connectivity index (χ2n) is 4.68. The van der Waals surface area contributed by atoms with Gasteiger partial charge in [-0.15, -0.1) is 11.3 Å². The number of aliphatic hydroxyl groups excluding tert-OH is 1. The molecule has 0 aliphatic rings. The molecule has 2 aromatic rings. The molecule has 0 aliphatic carbocycles. The van der Waals surface area contributed by atoms with Gasteiger partial charge in [-0.2, -0.15) is 0 Å². The Morgan fingerprint density at radius 1 is 1.37 bits per heavy atom. The lowest BCUT2D eigenvalue weighted by Crippen LogP contribution is -2.15. The maximum atomic E-state index is 9.39. The standard InChI is InChI=1S/C13H17ClN2OS2/c1-8(2)12-10(7-17)19-13(15-12)16(3)6-9-4-5-11(14)18-9/h4-5,8,17H,6-7H2,1-3H3. The minimum atomic E-state index is 0.0594. The summed E-state index contributed by atoms with van der Waals surface area (Å²) in [6, 6.07) is 3.95. The van der Waals surface area contributed by atoms with Gasteiger partial charge in [-0.1, -0.05) is 36.8 Å². The van der Waals surface area contributed by atoms with E-state index in [0.717, 1.165) is 26.6 Å². The van der Waals surface area contributed by atoms with Crippen LogP contribution in [0, 0.1) is 0 Å². The number of aromatic nitrogens is 1. The minimum absolute atomic E-state index is 0.0594. The second kappa shape index (κ2) is 6.22. The van der Waals surface area contributed by atoms with Crippen molar-refractivity contribution in [3.8, 4) is 0 Å². The fourth-order valence-electron chi connectivity index (χ4n) is 1.82.